The molecule has 6 nitrogen and oxygen atoms in total. The van der Waals surface area contributed by atoms with Crippen LogP contribution in [0.15, 0.2) is 0 Å². The van der Waals surface area contributed by atoms with E-state index in [2.05, 4.69) is 5.32 Å². The summed E-state index contributed by atoms with van der Waals surface area (Å²) in [6.07, 6.45) is 2.07. The van der Waals surface area contributed by atoms with Gasteiger partial charge in [0.1, 0.15) is 6.04 Å². The maximum atomic E-state index is 12.0. The monoisotopic (exact) mass is 300 g/mol. The molecule has 2 amide bonds. The summed E-state index contributed by atoms with van der Waals surface area (Å²) in [7, 11) is 0. The van der Waals surface area contributed by atoms with Gasteiger partial charge in [-0.3, -0.25) is 9.59 Å². The van der Waals surface area contributed by atoms with Crippen molar-refractivity contribution in [3.8, 4) is 0 Å². The number of hydrogen-bond acceptors (Lipinski definition) is 5. The van der Waals surface area contributed by atoms with Crippen LogP contribution in [0.1, 0.15) is 33.1 Å². The lowest BCUT2D eigenvalue weighted by molar-refractivity contribution is -0.156. The molecule has 2 heterocycles. The number of nitrogens with one attached hydrogen (secondary N) is 1. The predicted molar refractivity (Wildman–Crippen MR) is 75.0 cm³/mol. The zero-order valence-electron chi connectivity index (χ0n) is 11.8. The van der Waals surface area contributed by atoms with Gasteiger partial charge < -0.3 is 15.0 Å². The first-order chi connectivity index (χ1) is 9.48. The second-order valence-electron chi connectivity index (χ2n) is 5.22. The summed E-state index contributed by atoms with van der Waals surface area (Å²) in [6, 6.07) is -0.557. The van der Waals surface area contributed by atoms with Crippen molar-refractivity contribution in [2.75, 3.05) is 18.9 Å². The molecule has 2 fully saturated rings. The Morgan fingerprint density at radius 3 is 3.00 bits per heavy atom. The van der Waals surface area contributed by atoms with Crippen LogP contribution < -0.4 is 5.32 Å². The minimum Gasteiger partial charge on any atom is -0.454 e. The van der Waals surface area contributed by atoms with E-state index in [1.807, 2.05) is 13.8 Å². The Morgan fingerprint density at radius 1 is 1.55 bits per heavy atom. The smallest absolute Gasteiger partial charge is 0.330 e. The summed E-state index contributed by atoms with van der Waals surface area (Å²) in [5.41, 5.74) is 0. The van der Waals surface area contributed by atoms with Crippen molar-refractivity contribution in [2.45, 2.75) is 44.0 Å². The van der Waals surface area contributed by atoms with Gasteiger partial charge >= 0.3 is 5.97 Å². The number of carbonyl (C=O) groups is 3. The Hall–Kier alpha value is -1.24. The molecule has 0 saturated carbocycles. The van der Waals surface area contributed by atoms with Gasteiger partial charge in [-0.05, 0) is 19.8 Å². The highest BCUT2D eigenvalue weighted by Gasteiger charge is 2.53. The molecule has 0 unspecified atom stereocenters. The van der Waals surface area contributed by atoms with Gasteiger partial charge in [-0.1, -0.05) is 6.92 Å². The van der Waals surface area contributed by atoms with Crippen molar-refractivity contribution in [1.29, 1.82) is 0 Å². The van der Waals surface area contributed by atoms with E-state index >= 15 is 0 Å². The molecule has 1 N–H and O–H groups in total. The number of esters is 1. The van der Waals surface area contributed by atoms with Crippen LogP contribution >= 0.6 is 11.8 Å². The van der Waals surface area contributed by atoms with Crippen molar-refractivity contribution in [1.82, 2.24) is 10.2 Å². The van der Waals surface area contributed by atoms with Gasteiger partial charge in [-0.2, -0.15) is 0 Å². The van der Waals surface area contributed by atoms with Crippen LogP contribution in [0.5, 0.6) is 0 Å². The summed E-state index contributed by atoms with van der Waals surface area (Å²) in [5.74, 6) is -0.253. The Kier molecular flexibility index (Phi) is 4.57. The standard InChI is InChI=1S/C13H20N2O4S/c1-3-6-14-10(16)7-19-12(18)9-8-20-13(2)5-4-11(17)15(9)13/h9H,3-8H2,1-2H3,(H,14,16)/t9-,13+/m1/s1. The van der Waals surface area contributed by atoms with Crippen LogP contribution in [-0.2, 0) is 19.1 Å². The highest BCUT2D eigenvalue weighted by molar-refractivity contribution is 8.01. The van der Waals surface area contributed by atoms with Gasteiger partial charge in [0.15, 0.2) is 6.61 Å². The van der Waals surface area contributed by atoms with Gasteiger partial charge in [-0.15, -0.1) is 11.8 Å². The van der Waals surface area contributed by atoms with E-state index in [0.29, 0.717) is 18.7 Å². The van der Waals surface area contributed by atoms with E-state index in [1.54, 1.807) is 16.7 Å². The Balaban J connectivity index is 1.87. The van der Waals surface area contributed by atoms with Crippen LogP contribution in [-0.4, -0.2) is 52.5 Å². The van der Waals surface area contributed by atoms with E-state index in [-0.39, 0.29) is 23.3 Å². The van der Waals surface area contributed by atoms with Gasteiger partial charge in [0, 0.05) is 18.7 Å². The summed E-state index contributed by atoms with van der Waals surface area (Å²) in [6.45, 7) is 4.21. The molecule has 0 aromatic rings. The fourth-order valence-corrected chi connectivity index (χ4v) is 3.96. The second kappa shape index (κ2) is 6.03. The third kappa shape index (κ3) is 2.92. The normalized spacial score (nSPS) is 28.4. The maximum Gasteiger partial charge on any atom is 0.330 e. The quantitative estimate of drug-likeness (QED) is 0.749. The topological polar surface area (TPSA) is 75.7 Å². The maximum absolute atomic E-state index is 12.0. The van der Waals surface area contributed by atoms with Crippen LogP contribution in [0.4, 0.5) is 0 Å². The molecule has 2 atom stereocenters. The largest absolute Gasteiger partial charge is 0.454 e. The minimum atomic E-state index is -0.557. The average molecular weight is 300 g/mol. The van der Waals surface area contributed by atoms with Crippen molar-refractivity contribution < 1.29 is 19.1 Å². The Labute approximate surface area is 122 Å². The van der Waals surface area contributed by atoms with Crippen molar-refractivity contribution in [3.05, 3.63) is 0 Å². The minimum absolute atomic E-state index is 0.00474. The lowest BCUT2D eigenvalue weighted by Gasteiger charge is -2.29. The van der Waals surface area contributed by atoms with Crippen LogP contribution in [0, 0.1) is 0 Å². The van der Waals surface area contributed by atoms with E-state index in [9.17, 15) is 14.4 Å². The molecule has 2 aliphatic rings. The zero-order valence-corrected chi connectivity index (χ0v) is 12.6. The molecule has 20 heavy (non-hydrogen) atoms. The molecule has 0 aliphatic carbocycles. The molecular weight excluding hydrogens is 280 g/mol. The fourth-order valence-electron chi connectivity index (χ4n) is 2.54. The summed E-state index contributed by atoms with van der Waals surface area (Å²) in [5, 5.41) is 2.64. The number of fused-ring (bicyclic) bond motifs is 1. The van der Waals surface area contributed by atoms with E-state index in [1.165, 1.54) is 0 Å². The lowest BCUT2D eigenvalue weighted by Crippen LogP contribution is -2.47. The molecule has 0 bridgehead atoms. The molecule has 7 heteroatoms. The Bertz CT molecular complexity index is 429. The first kappa shape index (κ1) is 15.2. The van der Waals surface area contributed by atoms with Crippen LogP contribution in [0.2, 0.25) is 0 Å². The van der Waals surface area contributed by atoms with Crippen LogP contribution in [0.3, 0.4) is 0 Å². The summed E-state index contributed by atoms with van der Waals surface area (Å²) < 4.78 is 5.03. The van der Waals surface area contributed by atoms with Gasteiger partial charge in [0.2, 0.25) is 5.91 Å². The molecular formula is C13H20N2O4S. The van der Waals surface area contributed by atoms with Gasteiger partial charge in [0.05, 0.1) is 4.87 Å². The van der Waals surface area contributed by atoms with Crippen molar-refractivity contribution in [2.24, 2.45) is 0 Å². The molecule has 0 spiro atoms. The number of nitrogens with zero attached hydrogens (tertiary/aromatic N) is 1. The molecule has 0 radical (unpaired) electrons. The number of hydrogen-bond donors (Lipinski definition) is 1. The van der Waals surface area contributed by atoms with Crippen LogP contribution in [0.25, 0.3) is 0 Å². The SMILES string of the molecule is CCCNC(=O)COC(=O)[C@H]1CS[C@@]2(C)CCC(=O)N12. The summed E-state index contributed by atoms with van der Waals surface area (Å²) in [4.78, 5) is 36.7. The molecule has 0 aromatic carbocycles. The highest BCUT2D eigenvalue weighted by atomic mass is 32.2. The predicted octanol–water partition coefficient (Wildman–Crippen LogP) is 0.510. The number of ether oxygens (including phenoxy) is 1. The van der Waals surface area contributed by atoms with Crippen molar-refractivity contribution in [3.63, 3.8) is 0 Å². The molecule has 2 saturated heterocycles. The second-order valence-corrected chi connectivity index (χ2v) is 6.72. The van der Waals surface area contributed by atoms with E-state index in [0.717, 1.165) is 12.8 Å². The number of carbonyl (C=O) groups excluding carboxylic acids is 3. The third-order valence-corrected chi connectivity index (χ3v) is 5.14. The first-order valence-corrected chi connectivity index (χ1v) is 7.86. The molecule has 112 valence electrons. The van der Waals surface area contributed by atoms with Crippen molar-refractivity contribution >= 4 is 29.5 Å². The fraction of sp³-hybridized carbons (Fsp3) is 0.769. The molecule has 0 aromatic heterocycles. The van der Waals surface area contributed by atoms with Gasteiger partial charge in [0.25, 0.3) is 5.91 Å². The van der Waals surface area contributed by atoms with Gasteiger partial charge in [-0.25, -0.2) is 4.79 Å². The number of amides is 2. The highest BCUT2D eigenvalue weighted by Crippen LogP contribution is 2.47. The summed E-state index contributed by atoms with van der Waals surface area (Å²) >= 11 is 1.61. The first-order valence-electron chi connectivity index (χ1n) is 6.87. The zero-order chi connectivity index (χ0) is 14.8. The number of rotatable bonds is 5. The lowest BCUT2D eigenvalue weighted by atomic mass is 10.2. The Morgan fingerprint density at radius 2 is 2.30 bits per heavy atom. The van der Waals surface area contributed by atoms with E-state index in [4.69, 9.17) is 4.74 Å². The molecule has 2 rings (SSSR count). The van der Waals surface area contributed by atoms with E-state index < -0.39 is 12.0 Å². The number of thioether (sulfide) groups is 1. The average Bonchev–Trinajstić information content (AvgIpc) is 2.91. The molecule has 2 aliphatic heterocycles. The third-order valence-electron chi connectivity index (χ3n) is 3.63.